The van der Waals surface area contributed by atoms with Gasteiger partial charge >= 0.3 is 11.8 Å². The summed E-state index contributed by atoms with van der Waals surface area (Å²) in [4.78, 5) is 24.1. The van der Waals surface area contributed by atoms with Crippen LogP contribution in [0.15, 0.2) is 12.1 Å². The molecule has 0 saturated heterocycles. The molecule has 16 heavy (non-hydrogen) atoms. The van der Waals surface area contributed by atoms with Gasteiger partial charge in [-0.15, -0.1) is 0 Å². The molecule has 86 valence electrons. The minimum Gasteiger partial charge on any atom is -0.479 e. The molecule has 1 aromatic heterocycles. The molecule has 0 aliphatic carbocycles. The molecule has 0 unspecified atom stereocenters. The highest BCUT2D eigenvalue weighted by molar-refractivity contribution is 5.72. The minimum atomic E-state index is -1.20. The van der Waals surface area contributed by atoms with Crippen molar-refractivity contribution in [3.63, 3.8) is 0 Å². The molecule has 0 saturated carbocycles. The summed E-state index contributed by atoms with van der Waals surface area (Å²) in [6.45, 7) is 2.88. The number of carboxylic acids is 1. The number of hydrogen-bond donors (Lipinski definition) is 1. The van der Waals surface area contributed by atoms with Crippen LogP contribution in [0.25, 0.3) is 0 Å². The number of ether oxygens (including phenoxy) is 1. The second-order valence-electron chi connectivity index (χ2n) is 3.13. The quantitative estimate of drug-likeness (QED) is 0.610. The van der Waals surface area contributed by atoms with Gasteiger partial charge in [0.25, 0.3) is 0 Å². The third-order valence-electron chi connectivity index (χ3n) is 1.80. The second-order valence-corrected chi connectivity index (χ2v) is 3.13. The number of nitro groups is 1. The molecular formula is C9H10N2O5. The normalized spacial score (nSPS) is 11.9. The standard InChI is InChI=1S/C9H10N2O5/c1-5-3-4-7(8(10-5)11(14)15)16-6(2)9(12)13/h3-4,6H,1-2H3,(H,12,13)/t6-/m1/s1. The first-order valence-electron chi connectivity index (χ1n) is 4.43. The van der Waals surface area contributed by atoms with Crippen LogP contribution in [0.3, 0.4) is 0 Å². The highest BCUT2D eigenvalue weighted by Crippen LogP contribution is 2.25. The van der Waals surface area contributed by atoms with Crippen molar-refractivity contribution in [2.24, 2.45) is 0 Å². The summed E-state index contributed by atoms with van der Waals surface area (Å²) in [7, 11) is 0. The Balaban J connectivity index is 3.04. The van der Waals surface area contributed by atoms with Gasteiger partial charge in [-0.25, -0.2) is 4.79 Å². The van der Waals surface area contributed by atoms with E-state index in [2.05, 4.69) is 4.98 Å². The summed E-state index contributed by atoms with van der Waals surface area (Å²) >= 11 is 0. The van der Waals surface area contributed by atoms with Gasteiger partial charge in [0.2, 0.25) is 5.75 Å². The zero-order chi connectivity index (χ0) is 12.3. The molecule has 0 bridgehead atoms. The Labute approximate surface area is 90.8 Å². The fourth-order valence-corrected chi connectivity index (χ4v) is 0.994. The molecule has 1 N–H and O–H groups in total. The number of aryl methyl sites for hydroxylation is 1. The van der Waals surface area contributed by atoms with E-state index in [0.717, 1.165) is 0 Å². The van der Waals surface area contributed by atoms with Gasteiger partial charge in [0.15, 0.2) is 6.10 Å². The van der Waals surface area contributed by atoms with E-state index >= 15 is 0 Å². The maximum Gasteiger partial charge on any atom is 0.406 e. The largest absolute Gasteiger partial charge is 0.479 e. The molecule has 1 aromatic rings. The molecule has 7 heteroatoms. The van der Waals surface area contributed by atoms with Crippen LogP contribution in [0.5, 0.6) is 5.75 Å². The molecule has 1 rings (SSSR count). The predicted molar refractivity (Wildman–Crippen MR) is 53.4 cm³/mol. The van der Waals surface area contributed by atoms with Gasteiger partial charge in [0.1, 0.15) is 5.69 Å². The van der Waals surface area contributed by atoms with Gasteiger partial charge in [0.05, 0.1) is 0 Å². The number of nitrogens with zero attached hydrogens (tertiary/aromatic N) is 2. The summed E-state index contributed by atoms with van der Waals surface area (Å²) in [6.07, 6.45) is -1.16. The van der Waals surface area contributed by atoms with Crippen molar-refractivity contribution in [2.45, 2.75) is 20.0 Å². The number of rotatable bonds is 4. The highest BCUT2D eigenvalue weighted by Gasteiger charge is 2.22. The Hall–Kier alpha value is -2.18. The summed E-state index contributed by atoms with van der Waals surface area (Å²) in [6, 6.07) is 2.84. The molecule has 7 nitrogen and oxygen atoms in total. The van der Waals surface area contributed by atoms with E-state index < -0.39 is 22.8 Å². The van der Waals surface area contributed by atoms with E-state index in [4.69, 9.17) is 9.84 Å². The molecule has 0 aliphatic rings. The first-order valence-corrected chi connectivity index (χ1v) is 4.43. The van der Waals surface area contributed by atoms with Gasteiger partial charge in [0, 0.05) is 6.92 Å². The molecule has 0 radical (unpaired) electrons. The average molecular weight is 226 g/mol. The SMILES string of the molecule is Cc1ccc(O[C@H](C)C(=O)O)c([N+](=O)[O-])n1. The van der Waals surface area contributed by atoms with Crippen LogP contribution in [0, 0.1) is 17.0 Å². The average Bonchev–Trinajstić information content (AvgIpc) is 2.20. The topological polar surface area (TPSA) is 103 Å². The Bertz CT molecular complexity index is 432. The van der Waals surface area contributed by atoms with E-state index in [1.165, 1.54) is 19.1 Å². The lowest BCUT2D eigenvalue weighted by atomic mass is 10.3. The number of aliphatic carboxylic acids is 1. The van der Waals surface area contributed by atoms with Crippen LogP contribution in [0.1, 0.15) is 12.6 Å². The molecule has 0 spiro atoms. The summed E-state index contributed by atoms with van der Waals surface area (Å²) in [5.41, 5.74) is 0.460. The van der Waals surface area contributed by atoms with E-state index in [1.807, 2.05) is 0 Å². The van der Waals surface area contributed by atoms with Crippen molar-refractivity contribution in [3.05, 3.63) is 27.9 Å². The van der Waals surface area contributed by atoms with E-state index in [9.17, 15) is 14.9 Å². The van der Waals surface area contributed by atoms with Gasteiger partial charge in [-0.05, 0) is 29.0 Å². The summed E-state index contributed by atoms with van der Waals surface area (Å²) in [5, 5.41) is 19.3. The lowest BCUT2D eigenvalue weighted by Gasteiger charge is -2.09. The van der Waals surface area contributed by atoms with Crippen molar-refractivity contribution in [1.82, 2.24) is 4.98 Å². The first kappa shape index (κ1) is 11.9. The zero-order valence-corrected chi connectivity index (χ0v) is 8.71. The van der Waals surface area contributed by atoms with Crippen LogP contribution < -0.4 is 4.74 Å². The van der Waals surface area contributed by atoms with Crippen molar-refractivity contribution in [1.29, 1.82) is 0 Å². The minimum absolute atomic E-state index is 0.148. The molecule has 0 aromatic carbocycles. The van der Waals surface area contributed by atoms with Gasteiger partial charge < -0.3 is 20.0 Å². The molecule has 0 aliphatic heterocycles. The maximum absolute atomic E-state index is 10.6. The van der Waals surface area contributed by atoms with Crippen LogP contribution in [-0.2, 0) is 4.79 Å². The second kappa shape index (κ2) is 4.56. The third-order valence-corrected chi connectivity index (χ3v) is 1.80. The summed E-state index contributed by atoms with van der Waals surface area (Å²) in [5.74, 6) is -1.83. The lowest BCUT2D eigenvalue weighted by molar-refractivity contribution is -0.390. The number of aromatic nitrogens is 1. The smallest absolute Gasteiger partial charge is 0.406 e. The fraction of sp³-hybridized carbons (Fsp3) is 0.333. The van der Waals surface area contributed by atoms with Gasteiger partial charge in [-0.3, -0.25) is 0 Å². The Morgan fingerprint density at radius 3 is 2.75 bits per heavy atom. The van der Waals surface area contributed by atoms with E-state index in [1.54, 1.807) is 6.92 Å². The monoisotopic (exact) mass is 226 g/mol. The molecule has 1 atom stereocenters. The van der Waals surface area contributed by atoms with Crippen molar-refractivity contribution in [2.75, 3.05) is 0 Å². The summed E-state index contributed by atoms with van der Waals surface area (Å²) < 4.78 is 4.92. The predicted octanol–water partition coefficient (Wildman–Crippen LogP) is 1.15. The van der Waals surface area contributed by atoms with Crippen molar-refractivity contribution in [3.8, 4) is 5.75 Å². The van der Waals surface area contributed by atoms with Gasteiger partial charge in [-0.1, -0.05) is 0 Å². The number of hydrogen-bond acceptors (Lipinski definition) is 5. The van der Waals surface area contributed by atoms with Crippen LogP contribution >= 0.6 is 0 Å². The van der Waals surface area contributed by atoms with Crippen LogP contribution in [-0.4, -0.2) is 27.1 Å². The Morgan fingerprint density at radius 1 is 1.62 bits per heavy atom. The zero-order valence-electron chi connectivity index (χ0n) is 8.71. The molecule has 0 amide bonds. The molecular weight excluding hydrogens is 216 g/mol. The Morgan fingerprint density at radius 2 is 2.25 bits per heavy atom. The van der Waals surface area contributed by atoms with Crippen LogP contribution in [0.4, 0.5) is 5.82 Å². The van der Waals surface area contributed by atoms with E-state index in [-0.39, 0.29) is 5.75 Å². The third kappa shape index (κ3) is 2.66. The molecule has 0 fully saturated rings. The maximum atomic E-state index is 10.6. The highest BCUT2D eigenvalue weighted by atomic mass is 16.6. The number of carboxylic acid groups (broad SMARTS) is 1. The Kier molecular flexibility index (Phi) is 3.39. The van der Waals surface area contributed by atoms with Crippen molar-refractivity contribution >= 4 is 11.8 Å². The number of carbonyl (C=O) groups is 1. The van der Waals surface area contributed by atoms with Crippen LogP contribution in [0.2, 0.25) is 0 Å². The van der Waals surface area contributed by atoms with E-state index in [0.29, 0.717) is 5.69 Å². The van der Waals surface area contributed by atoms with Crippen molar-refractivity contribution < 1.29 is 19.6 Å². The number of pyridine rings is 1. The lowest BCUT2D eigenvalue weighted by Crippen LogP contribution is -2.23. The fourth-order valence-electron chi connectivity index (χ4n) is 0.994. The first-order chi connectivity index (χ1) is 7.41. The molecule has 1 heterocycles. The van der Waals surface area contributed by atoms with Gasteiger partial charge in [-0.2, -0.15) is 0 Å².